The van der Waals surface area contributed by atoms with Crippen LogP contribution in [0.3, 0.4) is 0 Å². The zero-order chi connectivity index (χ0) is 23.7. The summed E-state index contributed by atoms with van der Waals surface area (Å²) in [5.74, 6) is -0.172. The molecule has 34 heavy (non-hydrogen) atoms. The van der Waals surface area contributed by atoms with Gasteiger partial charge in [0, 0.05) is 35.7 Å². The summed E-state index contributed by atoms with van der Waals surface area (Å²) in [6, 6.07) is 15.4. The van der Waals surface area contributed by atoms with Gasteiger partial charge in [0.15, 0.2) is 4.96 Å². The van der Waals surface area contributed by atoms with Gasteiger partial charge in [-0.1, -0.05) is 18.2 Å². The molecule has 5 rings (SSSR count). The predicted octanol–water partition coefficient (Wildman–Crippen LogP) is 3.48. The zero-order valence-corrected chi connectivity index (χ0v) is 19.5. The van der Waals surface area contributed by atoms with Crippen molar-refractivity contribution in [3.05, 3.63) is 99.3 Å². The number of aryl methyl sites for hydroxylation is 2. The van der Waals surface area contributed by atoms with Crippen molar-refractivity contribution in [2.24, 2.45) is 0 Å². The standard InChI is InChI=1S/C25H22N6O2S/c1-16-12-21(29-31(16)19-6-4-3-5-7-19)23-17(2)28-25-30(24(23)33)20(15-34-25)13-22(32)27-14-18-8-10-26-11-9-18/h3-12,15H,13-14H2,1-2H3,(H,27,32). The van der Waals surface area contributed by atoms with Gasteiger partial charge in [-0.25, -0.2) is 9.67 Å². The molecule has 0 spiro atoms. The summed E-state index contributed by atoms with van der Waals surface area (Å²) in [6.45, 7) is 4.16. The van der Waals surface area contributed by atoms with E-state index in [4.69, 9.17) is 5.10 Å². The number of nitrogens with zero attached hydrogens (tertiary/aromatic N) is 5. The number of rotatable bonds is 6. The van der Waals surface area contributed by atoms with Crippen LogP contribution in [0, 0.1) is 13.8 Å². The number of nitrogens with one attached hydrogen (secondary N) is 1. The first kappa shape index (κ1) is 21.7. The van der Waals surface area contributed by atoms with Gasteiger partial charge >= 0.3 is 0 Å². The Bertz CT molecular complexity index is 1540. The van der Waals surface area contributed by atoms with Gasteiger partial charge < -0.3 is 5.32 Å². The molecule has 170 valence electrons. The topological polar surface area (TPSA) is 94.2 Å². The van der Waals surface area contributed by atoms with Gasteiger partial charge in [0.25, 0.3) is 5.56 Å². The fourth-order valence-electron chi connectivity index (χ4n) is 3.88. The van der Waals surface area contributed by atoms with Crippen molar-refractivity contribution in [1.82, 2.24) is 29.5 Å². The lowest BCUT2D eigenvalue weighted by Crippen LogP contribution is -2.27. The second-order valence-corrected chi connectivity index (χ2v) is 8.79. The predicted molar refractivity (Wildman–Crippen MR) is 131 cm³/mol. The molecule has 1 amide bonds. The minimum atomic E-state index is -0.224. The lowest BCUT2D eigenvalue weighted by molar-refractivity contribution is -0.120. The number of para-hydroxylation sites is 1. The molecule has 0 radical (unpaired) electrons. The van der Waals surface area contributed by atoms with E-state index in [0.29, 0.717) is 34.2 Å². The molecule has 0 saturated heterocycles. The van der Waals surface area contributed by atoms with E-state index in [1.165, 1.54) is 15.7 Å². The van der Waals surface area contributed by atoms with Crippen LogP contribution < -0.4 is 10.9 Å². The summed E-state index contributed by atoms with van der Waals surface area (Å²) in [6.07, 6.45) is 3.44. The summed E-state index contributed by atoms with van der Waals surface area (Å²) in [4.78, 5) is 35.4. The highest BCUT2D eigenvalue weighted by Gasteiger charge is 2.20. The van der Waals surface area contributed by atoms with Crippen LogP contribution >= 0.6 is 11.3 Å². The second-order valence-electron chi connectivity index (χ2n) is 7.95. The highest BCUT2D eigenvalue weighted by Crippen LogP contribution is 2.23. The second kappa shape index (κ2) is 9.03. The number of carbonyl (C=O) groups is 1. The summed E-state index contributed by atoms with van der Waals surface area (Å²) >= 11 is 1.35. The largest absolute Gasteiger partial charge is 0.352 e. The van der Waals surface area contributed by atoms with Crippen molar-refractivity contribution in [2.75, 3.05) is 0 Å². The number of carbonyl (C=O) groups excluding carboxylic acids is 1. The molecule has 0 aliphatic rings. The van der Waals surface area contributed by atoms with Crippen molar-refractivity contribution in [2.45, 2.75) is 26.8 Å². The number of hydrogen-bond donors (Lipinski definition) is 1. The number of pyridine rings is 1. The van der Waals surface area contributed by atoms with E-state index in [9.17, 15) is 9.59 Å². The van der Waals surface area contributed by atoms with Crippen LogP contribution in [0.1, 0.15) is 22.6 Å². The maximum absolute atomic E-state index is 13.6. The zero-order valence-electron chi connectivity index (χ0n) is 18.7. The molecule has 1 N–H and O–H groups in total. The Morgan fingerprint density at radius 3 is 2.62 bits per heavy atom. The van der Waals surface area contributed by atoms with E-state index < -0.39 is 0 Å². The molecule has 0 aliphatic heterocycles. The molecular weight excluding hydrogens is 448 g/mol. The fraction of sp³-hybridized carbons (Fsp3) is 0.160. The molecule has 5 aromatic rings. The molecule has 4 aromatic heterocycles. The molecule has 0 saturated carbocycles. The summed E-state index contributed by atoms with van der Waals surface area (Å²) in [5, 5.41) is 9.41. The first-order valence-corrected chi connectivity index (χ1v) is 11.7. The van der Waals surface area contributed by atoms with E-state index in [1.807, 2.05) is 72.4 Å². The number of hydrogen-bond acceptors (Lipinski definition) is 6. The average molecular weight is 471 g/mol. The van der Waals surface area contributed by atoms with Gasteiger partial charge in [0.05, 0.1) is 23.4 Å². The SMILES string of the molecule is Cc1nc2scc(CC(=O)NCc3ccncc3)n2c(=O)c1-c1cc(C)n(-c2ccccc2)n1. The first-order valence-electron chi connectivity index (χ1n) is 10.8. The van der Waals surface area contributed by atoms with Crippen molar-refractivity contribution in [3.63, 3.8) is 0 Å². The van der Waals surface area contributed by atoms with Crippen LogP contribution in [0.2, 0.25) is 0 Å². The Kier molecular flexibility index (Phi) is 5.77. The number of fused-ring (bicyclic) bond motifs is 1. The van der Waals surface area contributed by atoms with Crippen molar-refractivity contribution < 1.29 is 4.79 Å². The van der Waals surface area contributed by atoms with Gasteiger partial charge in [-0.2, -0.15) is 5.10 Å². The third kappa shape index (κ3) is 4.13. The van der Waals surface area contributed by atoms with Crippen LogP contribution in [0.25, 0.3) is 21.9 Å². The molecule has 0 bridgehead atoms. The monoisotopic (exact) mass is 470 g/mol. The van der Waals surface area contributed by atoms with Crippen molar-refractivity contribution in [3.8, 4) is 16.9 Å². The van der Waals surface area contributed by atoms with E-state index in [1.54, 1.807) is 12.4 Å². The van der Waals surface area contributed by atoms with Crippen LogP contribution in [0.15, 0.2) is 71.1 Å². The van der Waals surface area contributed by atoms with Crippen LogP contribution in [-0.4, -0.2) is 30.1 Å². The minimum Gasteiger partial charge on any atom is -0.352 e. The molecule has 8 nitrogen and oxygen atoms in total. The lowest BCUT2D eigenvalue weighted by atomic mass is 10.1. The smallest absolute Gasteiger partial charge is 0.268 e. The molecule has 1 aromatic carbocycles. The maximum Gasteiger partial charge on any atom is 0.268 e. The quantitative estimate of drug-likeness (QED) is 0.410. The van der Waals surface area contributed by atoms with Gasteiger partial charge in [-0.3, -0.25) is 19.0 Å². The fourth-order valence-corrected chi connectivity index (χ4v) is 4.81. The van der Waals surface area contributed by atoms with Gasteiger partial charge in [0.1, 0.15) is 5.69 Å². The number of aromatic nitrogens is 5. The van der Waals surface area contributed by atoms with Gasteiger partial charge in [-0.15, -0.1) is 11.3 Å². The maximum atomic E-state index is 13.6. The highest BCUT2D eigenvalue weighted by atomic mass is 32.1. The number of thiazole rings is 1. The van der Waals surface area contributed by atoms with Gasteiger partial charge in [0.2, 0.25) is 5.91 Å². The Balaban J connectivity index is 1.47. The molecule has 0 fully saturated rings. The molecule has 0 unspecified atom stereocenters. The molecule has 4 heterocycles. The summed E-state index contributed by atoms with van der Waals surface area (Å²) in [7, 11) is 0. The Labute approximate surface area is 199 Å². The number of benzene rings is 1. The first-order chi connectivity index (χ1) is 16.5. The van der Waals surface area contributed by atoms with Crippen molar-refractivity contribution >= 4 is 22.2 Å². The van der Waals surface area contributed by atoms with Crippen LogP contribution in [0.5, 0.6) is 0 Å². The minimum absolute atomic E-state index is 0.0760. The van der Waals surface area contributed by atoms with E-state index in [2.05, 4.69) is 15.3 Å². The normalized spacial score (nSPS) is 11.1. The highest BCUT2D eigenvalue weighted by molar-refractivity contribution is 7.15. The Morgan fingerprint density at radius 2 is 1.85 bits per heavy atom. The third-order valence-electron chi connectivity index (χ3n) is 5.55. The van der Waals surface area contributed by atoms with E-state index >= 15 is 0 Å². The Hall–Kier alpha value is -4.11. The van der Waals surface area contributed by atoms with Crippen LogP contribution in [-0.2, 0) is 17.8 Å². The van der Waals surface area contributed by atoms with Gasteiger partial charge in [-0.05, 0) is 49.7 Å². The molecule has 0 aliphatic carbocycles. The number of amides is 1. The molecular formula is C25H22N6O2S. The Morgan fingerprint density at radius 1 is 1.09 bits per heavy atom. The molecule has 9 heteroatoms. The van der Waals surface area contributed by atoms with Crippen LogP contribution in [0.4, 0.5) is 0 Å². The van der Waals surface area contributed by atoms with Crippen molar-refractivity contribution in [1.29, 1.82) is 0 Å². The average Bonchev–Trinajstić information content (AvgIpc) is 3.42. The summed E-state index contributed by atoms with van der Waals surface area (Å²) < 4.78 is 3.33. The summed E-state index contributed by atoms with van der Waals surface area (Å²) in [5.41, 5.74) is 4.77. The third-order valence-corrected chi connectivity index (χ3v) is 6.42. The van der Waals surface area contributed by atoms with E-state index in [-0.39, 0.29) is 17.9 Å². The van der Waals surface area contributed by atoms with E-state index in [0.717, 1.165) is 16.9 Å². The molecule has 0 atom stereocenters. The lowest BCUT2D eigenvalue weighted by Gasteiger charge is -2.07.